The zero-order valence-electron chi connectivity index (χ0n) is 12.0. The highest BCUT2D eigenvalue weighted by atomic mass is 16.3. The molecule has 2 N–H and O–H groups in total. The molecule has 0 radical (unpaired) electrons. The molecule has 20 heavy (non-hydrogen) atoms. The summed E-state index contributed by atoms with van der Waals surface area (Å²) in [5.41, 5.74) is 1.16. The molecule has 4 aliphatic carbocycles. The molecular weight excluding hydrogens is 248 g/mol. The number of phenols is 2. The summed E-state index contributed by atoms with van der Waals surface area (Å²) in [7, 11) is 0. The van der Waals surface area contributed by atoms with Crippen molar-refractivity contribution in [3.63, 3.8) is 0 Å². The van der Waals surface area contributed by atoms with Gasteiger partial charge < -0.3 is 10.2 Å². The van der Waals surface area contributed by atoms with Gasteiger partial charge in [-0.3, -0.25) is 0 Å². The van der Waals surface area contributed by atoms with Gasteiger partial charge in [0.2, 0.25) is 0 Å². The van der Waals surface area contributed by atoms with E-state index in [-0.39, 0.29) is 11.5 Å². The van der Waals surface area contributed by atoms with Crippen LogP contribution in [-0.2, 0) is 6.42 Å². The molecular formula is C18H24O2. The summed E-state index contributed by atoms with van der Waals surface area (Å²) >= 11 is 0. The van der Waals surface area contributed by atoms with Gasteiger partial charge in [0.25, 0.3) is 0 Å². The number of hydrogen-bond acceptors (Lipinski definition) is 2. The number of benzene rings is 1. The molecule has 4 saturated carbocycles. The Labute approximate surface area is 120 Å². The van der Waals surface area contributed by atoms with Gasteiger partial charge in [-0.2, -0.15) is 0 Å². The molecule has 0 spiro atoms. The van der Waals surface area contributed by atoms with Crippen molar-refractivity contribution in [1.29, 1.82) is 0 Å². The lowest BCUT2D eigenvalue weighted by Crippen LogP contribution is -2.45. The normalized spacial score (nSPS) is 38.3. The first-order valence-corrected chi connectivity index (χ1v) is 8.20. The van der Waals surface area contributed by atoms with Crippen LogP contribution >= 0.6 is 0 Å². The van der Waals surface area contributed by atoms with Crippen LogP contribution in [0.25, 0.3) is 0 Å². The Morgan fingerprint density at radius 3 is 2.10 bits per heavy atom. The zero-order chi connectivity index (χ0) is 13.7. The van der Waals surface area contributed by atoms with E-state index in [1.54, 1.807) is 12.1 Å². The maximum absolute atomic E-state index is 9.59. The van der Waals surface area contributed by atoms with Crippen LogP contribution in [0.15, 0.2) is 18.2 Å². The molecule has 2 heteroatoms. The van der Waals surface area contributed by atoms with Crippen LogP contribution in [0.1, 0.15) is 44.1 Å². The van der Waals surface area contributed by atoms with Gasteiger partial charge in [0.05, 0.1) is 0 Å². The van der Waals surface area contributed by atoms with Crippen molar-refractivity contribution in [3.8, 4) is 11.5 Å². The number of rotatable bonds is 3. The van der Waals surface area contributed by atoms with E-state index in [1.165, 1.54) is 38.5 Å². The smallest absolute Gasteiger partial charge is 0.157 e. The summed E-state index contributed by atoms with van der Waals surface area (Å²) in [5.74, 6) is 4.99. The third-order valence-corrected chi connectivity index (χ3v) is 6.23. The lowest BCUT2D eigenvalue weighted by Gasteiger charge is -2.54. The van der Waals surface area contributed by atoms with Gasteiger partial charge in [-0.15, -0.1) is 0 Å². The largest absolute Gasteiger partial charge is 0.504 e. The number of aromatic hydroxyl groups is 2. The minimum Gasteiger partial charge on any atom is -0.504 e. The maximum Gasteiger partial charge on any atom is 0.157 e. The molecule has 0 aromatic heterocycles. The third-order valence-electron chi connectivity index (χ3n) is 6.23. The van der Waals surface area contributed by atoms with Crippen molar-refractivity contribution in [2.45, 2.75) is 44.9 Å². The fourth-order valence-electron chi connectivity index (χ4n) is 5.57. The van der Waals surface area contributed by atoms with E-state index in [2.05, 4.69) is 0 Å². The fraction of sp³-hybridized carbons (Fsp3) is 0.667. The predicted molar refractivity (Wildman–Crippen MR) is 78.6 cm³/mol. The molecule has 4 aliphatic rings. The lowest BCUT2D eigenvalue weighted by molar-refractivity contribution is -0.0394. The van der Waals surface area contributed by atoms with Crippen molar-refractivity contribution in [3.05, 3.63) is 23.8 Å². The monoisotopic (exact) mass is 272 g/mol. The molecule has 0 amide bonds. The Morgan fingerprint density at radius 2 is 1.50 bits per heavy atom. The van der Waals surface area contributed by atoms with E-state index >= 15 is 0 Å². The van der Waals surface area contributed by atoms with Crippen LogP contribution in [0.4, 0.5) is 0 Å². The van der Waals surface area contributed by atoms with Gasteiger partial charge in [0.1, 0.15) is 0 Å². The summed E-state index contributed by atoms with van der Waals surface area (Å²) in [4.78, 5) is 0. The van der Waals surface area contributed by atoms with E-state index in [0.29, 0.717) is 0 Å². The van der Waals surface area contributed by atoms with Gasteiger partial charge in [0, 0.05) is 0 Å². The number of aryl methyl sites for hydroxylation is 1. The minimum absolute atomic E-state index is 0.0108. The molecule has 0 atom stereocenters. The number of phenolic OH excluding ortho intramolecular Hbond substituents is 2. The number of hydrogen-bond donors (Lipinski definition) is 2. The molecule has 0 heterocycles. The highest BCUT2D eigenvalue weighted by Gasteiger charge is 2.47. The summed E-state index contributed by atoms with van der Waals surface area (Å²) in [5, 5.41) is 19.0. The van der Waals surface area contributed by atoms with Gasteiger partial charge in [-0.25, -0.2) is 0 Å². The Morgan fingerprint density at radius 1 is 0.850 bits per heavy atom. The highest BCUT2D eigenvalue weighted by Crippen LogP contribution is 2.57. The van der Waals surface area contributed by atoms with E-state index in [1.807, 2.05) is 6.07 Å². The molecule has 1 aromatic carbocycles. The molecule has 0 unspecified atom stereocenters. The quantitative estimate of drug-likeness (QED) is 0.813. The van der Waals surface area contributed by atoms with Gasteiger partial charge in [-0.1, -0.05) is 6.07 Å². The molecule has 4 fully saturated rings. The van der Waals surface area contributed by atoms with Crippen LogP contribution in [-0.4, -0.2) is 10.2 Å². The van der Waals surface area contributed by atoms with E-state index in [9.17, 15) is 10.2 Å². The van der Waals surface area contributed by atoms with Crippen molar-refractivity contribution in [2.75, 3.05) is 0 Å². The summed E-state index contributed by atoms with van der Waals surface area (Å²) < 4.78 is 0. The average molecular weight is 272 g/mol. The molecule has 5 rings (SSSR count). The van der Waals surface area contributed by atoms with E-state index in [0.717, 1.165) is 41.6 Å². The second kappa shape index (κ2) is 4.68. The molecule has 108 valence electrons. The zero-order valence-corrected chi connectivity index (χ0v) is 12.0. The van der Waals surface area contributed by atoms with Gasteiger partial charge >= 0.3 is 0 Å². The average Bonchev–Trinajstić information content (AvgIpc) is 2.41. The van der Waals surface area contributed by atoms with Crippen LogP contribution in [0, 0.1) is 29.6 Å². The Hall–Kier alpha value is -1.18. The molecule has 4 bridgehead atoms. The topological polar surface area (TPSA) is 40.5 Å². The van der Waals surface area contributed by atoms with Crippen molar-refractivity contribution in [2.24, 2.45) is 29.6 Å². The van der Waals surface area contributed by atoms with E-state index in [4.69, 9.17) is 0 Å². The van der Waals surface area contributed by atoms with Crippen LogP contribution < -0.4 is 0 Å². The second-order valence-corrected chi connectivity index (χ2v) is 7.46. The summed E-state index contributed by atoms with van der Waals surface area (Å²) in [6.07, 6.45) is 9.76. The Balaban J connectivity index is 1.43. The minimum atomic E-state index is -0.0108. The third kappa shape index (κ3) is 2.10. The SMILES string of the molecule is Oc1ccc(CCC2C3CC4CC(C3)CC2C4)cc1O. The van der Waals surface area contributed by atoms with E-state index < -0.39 is 0 Å². The van der Waals surface area contributed by atoms with Crippen LogP contribution in [0.3, 0.4) is 0 Å². The van der Waals surface area contributed by atoms with Gasteiger partial charge in [-0.05, 0) is 92.2 Å². The first-order valence-electron chi connectivity index (χ1n) is 8.20. The van der Waals surface area contributed by atoms with Crippen molar-refractivity contribution >= 4 is 0 Å². The Bertz CT molecular complexity index is 480. The lowest BCUT2D eigenvalue weighted by atomic mass is 9.51. The second-order valence-electron chi connectivity index (χ2n) is 7.46. The fourth-order valence-corrected chi connectivity index (χ4v) is 5.57. The van der Waals surface area contributed by atoms with Crippen molar-refractivity contribution < 1.29 is 10.2 Å². The molecule has 1 aromatic rings. The molecule has 0 saturated heterocycles. The maximum atomic E-state index is 9.59. The highest BCUT2D eigenvalue weighted by molar-refractivity contribution is 5.40. The standard InChI is InChI=1S/C18H24O2/c19-17-4-2-11(10-18(17)20)1-3-16-14-6-12-5-13(8-14)9-15(16)7-12/h2,4,10,12-16,19-20H,1,3,5-9H2. The predicted octanol–water partition coefficient (Wildman–Crippen LogP) is 4.10. The van der Waals surface area contributed by atoms with Crippen molar-refractivity contribution in [1.82, 2.24) is 0 Å². The molecule has 0 aliphatic heterocycles. The van der Waals surface area contributed by atoms with Crippen LogP contribution in [0.5, 0.6) is 11.5 Å². The first-order chi connectivity index (χ1) is 9.69. The Kier molecular flexibility index (Phi) is 2.94. The summed E-state index contributed by atoms with van der Waals surface area (Å²) in [6, 6.07) is 5.29. The van der Waals surface area contributed by atoms with Gasteiger partial charge in [0.15, 0.2) is 11.5 Å². The summed E-state index contributed by atoms with van der Waals surface area (Å²) in [6.45, 7) is 0. The van der Waals surface area contributed by atoms with Crippen LogP contribution in [0.2, 0.25) is 0 Å². The molecule has 2 nitrogen and oxygen atoms in total. The first kappa shape index (κ1) is 12.6.